The first-order valence-electron chi connectivity index (χ1n) is 4.90. The first-order valence-corrected chi connectivity index (χ1v) is 4.90. The molecule has 1 aromatic rings. The van der Waals surface area contributed by atoms with E-state index in [0.29, 0.717) is 13.2 Å². The van der Waals surface area contributed by atoms with E-state index in [1.54, 1.807) is 0 Å². The SMILES string of the molecule is NCCCCOc1ccccc1CO. The molecule has 0 radical (unpaired) electrons. The van der Waals surface area contributed by atoms with Crippen LogP contribution in [0.2, 0.25) is 0 Å². The molecule has 3 nitrogen and oxygen atoms in total. The molecule has 3 N–H and O–H groups in total. The van der Waals surface area contributed by atoms with Crippen molar-refractivity contribution in [2.24, 2.45) is 5.73 Å². The molecule has 0 fully saturated rings. The predicted octanol–water partition coefficient (Wildman–Crippen LogP) is 1.30. The van der Waals surface area contributed by atoms with Gasteiger partial charge in [0, 0.05) is 5.56 Å². The standard InChI is InChI=1S/C11H17NO2/c12-7-3-4-8-14-11-6-2-1-5-10(11)9-13/h1-2,5-6,13H,3-4,7-9,12H2. The fourth-order valence-corrected chi connectivity index (χ4v) is 1.20. The molecule has 1 aromatic carbocycles. The molecule has 0 heterocycles. The summed E-state index contributed by atoms with van der Waals surface area (Å²) >= 11 is 0. The number of unbranched alkanes of at least 4 members (excludes halogenated alkanes) is 1. The lowest BCUT2D eigenvalue weighted by atomic mass is 10.2. The van der Waals surface area contributed by atoms with Gasteiger partial charge >= 0.3 is 0 Å². The van der Waals surface area contributed by atoms with Crippen molar-refractivity contribution in [2.75, 3.05) is 13.2 Å². The van der Waals surface area contributed by atoms with Gasteiger partial charge in [-0.15, -0.1) is 0 Å². The van der Waals surface area contributed by atoms with Gasteiger partial charge in [-0.1, -0.05) is 18.2 Å². The highest BCUT2D eigenvalue weighted by Crippen LogP contribution is 2.17. The van der Waals surface area contributed by atoms with E-state index in [0.717, 1.165) is 24.2 Å². The largest absolute Gasteiger partial charge is 0.493 e. The van der Waals surface area contributed by atoms with Gasteiger partial charge < -0.3 is 15.6 Å². The quantitative estimate of drug-likeness (QED) is 0.673. The second-order valence-corrected chi connectivity index (χ2v) is 3.11. The molecule has 0 aliphatic heterocycles. The maximum atomic E-state index is 9.02. The zero-order valence-corrected chi connectivity index (χ0v) is 8.28. The molecule has 0 saturated carbocycles. The summed E-state index contributed by atoms with van der Waals surface area (Å²) in [6.07, 6.45) is 1.93. The third-order valence-corrected chi connectivity index (χ3v) is 2.00. The molecule has 0 atom stereocenters. The molecule has 0 aromatic heterocycles. The molecule has 78 valence electrons. The van der Waals surface area contributed by atoms with Crippen molar-refractivity contribution in [1.82, 2.24) is 0 Å². The number of hydrogen-bond acceptors (Lipinski definition) is 3. The predicted molar refractivity (Wildman–Crippen MR) is 56.1 cm³/mol. The van der Waals surface area contributed by atoms with Crippen molar-refractivity contribution in [3.05, 3.63) is 29.8 Å². The van der Waals surface area contributed by atoms with Crippen LogP contribution in [0.4, 0.5) is 0 Å². The summed E-state index contributed by atoms with van der Waals surface area (Å²) < 4.78 is 5.51. The van der Waals surface area contributed by atoms with Crippen LogP contribution in [-0.2, 0) is 6.61 Å². The molecule has 0 saturated heterocycles. The van der Waals surface area contributed by atoms with Crippen LogP contribution in [0.5, 0.6) is 5.75 Å². The summed E-state index contributed by atoms with van der Waals surface area (Å²) in [4.78, 5) is 0. The van der Waals surface area contributed by atoms with Crippen molar-refractivity contribution in [3.63, 3.8) is 0 Å². The lowest BCUT2D eigenvalue weighted by molar-refractivity contribution is 0.260. The summed E-state index contributed by atoms with van der Waals surface area (Å²) in [7, 11) is 0. The van der Waals surface area contributed by atoms with E-state index < -0.39 is 0 Å². The Bertz CT molecular complexity index is 263. The lowest BCUT2D eigenvalue weighted by Gasteiger charge is -2.09. The number of rotatable bonds is 6. The number of ether oxygens (including phenoxy) is 1. The fraction of sp³-hybridized carbons (Fsp3) is 0.455. The average Bonchev–Trinajstić information content (AvgIpc) is 2.25. The van der Waals surface area contributed by atoms with Gasteiger partial charge in [-0.05, 0) is 25.5 Å². The van der Waals surface area contributed by atoms with Crippen LogP contribution < -0.4 is 10.5 Å². The number of para-hydroxylation sites is 1. The zero-order valence-electron chi connectivity index (χ0n) is 8.28. The summed E-state index contributed by atoms with van der Waals surface area (Å²) in [6.45, 7) is 1.38. The first kappa shape index (κ1) is 11.0. The Morgan fingerprint density at radius 2 is 2.00 bits per heavy atom. The highest BCUT2D eigenvalue weighted by molar-refractivity contribution is 5.32. The summed E-state index contributed by atoms with van der Waals surface area (Å²) in [5.74, 6) is 0.770. The van der Waals surface area contributed by atoms with E-state index in [2.05, 4.69) is 0 Å². The van der Waals surface area contributed by atoms with Gasteiger partial charge in [0.15, 0.2) is 0 Å². The van der Waals surface area contributed by atoms with Gasteiger partial charge in [0.2, 0.25) is 0 Å². The van der Waals surface area contributed by atoms with E-state index in [9.17, 15) is 0 Å². The second-order valence-electron chi connectivity index (χ2n) is 3.11. The van der Waals surface area contributed by atoms with Gasteiger partial charge in [0.25, 0.3) is 0 Å². The van der Waals surface area contributed by atoms with Crippen molar-refractivity contribution in [3.8, 4) is 5.75 Å². The molecule has 0 spiro atoms. The van der Waals surface area contributed by atoms with E-state index in [4.69, 9.17) is 15.6 Å². The summed E-state index contributed by atoms with van der Waals surface area (Å²) in [6, 6.07) is 7.52. The normalized spacial score (nSPS) is 10.1. The average molecular weight is 195 g/mol. The van der Waals surface area contributed by atoms with Crippen LogP contribution >= 0.6 is 0 Å². The smallest absolute Gasteiger partial charge is 0.124 e. The monoisotopic (exact) mass is 195 g/mol. The maximum absolute atomic E-state index is 9.02. The minimum atomic E-state index is 0.0209. The molecular weight excluding hydrogens is 178 g/mol. The molecular formula is C11H17NO2. The molecule has 0 aliphatic carbocycles. The third kappa shape index (κ3) is 3.36. The van der Waals surface area contributed by atoms with E-state index >= 15 is 0 Å². The van der Waals surface area contributed by atoms with Gasteiger partial charge in [-0.2, -0.15) is 0 Å². The zero-order chi connectivity index (χ0) is 10.2. The Kier molecular flexibility index (Phi) is 5.04. The topological polar surface area (TPSA) is 55.5 Å². The van der Waals surface area contributed by atoms with Crippen molar-refractivity contribution in [1.29, 1.82) is 0 Å². The summed E-state index contributed by atoms with van der Waals surface area (Å²) in [5, 5.41) is 9.02. The van der Waals surface area contributed by atoms with Crippen LogP contribution in [0.25, 0.3) is 0 Å². The third-order valence-electron chi connectivity index (χ3n) is 2.00. The molecule has 3 heteroatoms. The maximum Gasteiger partial charge on any atom is 0.124 e. The van der Waals surface area contributed by atoms with Crippen LogP contribution in [0.3, 0.4) is 0 Å². The molecule has 0 unspecified atom stereocenters. The highest BCUT2D eigenvalue weighted by Gasteiger charge is 2.00. The molecule has 0 bridgehead atoms. The van der Waals surface area contributed by atoms with Gasteiger partial charge in [-0.3, -0.25) is 0 Å². The van der Waals surface area contributed by atoms with Crippen molar-refractivity contribution < 1.29 is 9.84 Å². The molecule has 1 rings (SSSR count). The van der Waals surface area contributed by atoms with Crippen molar-refractivity contribution in [2.45, 2.75) is 19.4 Å². The lowest BCUT2D eigenvalue weighted by Crippen LogP contribution is -2.04. The minimum Gasteiger partial charge on any atom is -0.493 e. The molecule has 0 amide bonds. The van der Waals surface area contributed by atoms with Crippen LogP contribution in [0, 0.1) is 0 Å². The molecule has 0 aliphatic rings. The van der Waals surface area contributed by atoms with Gasteiger partial charge in [-0.25, -0.2) is 0 Å². The number of aliphatic hydroxyl groups is 1. The second kappa shape index (κ2) is 6.40. The Morgan fingerprint density at radius 1 is 1.21 bits per heavy atom. The first-order chi connectivity index (χ1) is 6.88. The Balaban J connectivity index is 2.41. The Hall–Kier alpha value is -1.06. The number of aliphatic hydroxyl groups excluding tert-OH is 1. The summed E-state index contributed by atoms with van der Waals surface area (Å²) in [5.41, 5.74) is 6.20. The number of benzene rings is 1. The van der Waals surface area contributed by atoms with E-state index in [1.165, 1.54) is 0 Å². The fourth-order valence-electron chi connectivity index (χ4n) is 1.20. The minimum absolute atomic E-state index is 0.0209. The van der Waals surface area contributed by atoms with Crippen molar-refractivity contribution >= 4 is 0 Å². The number of nitrogens with two attached hydrogens (primary N) is 1. The Labute approximate surface area is 84.5 Å². The number of hydrogen-bond donors (Lipinski definition) is 2. The van der Waals surface area contributed by atoms with E-state index in [1.807, 2.05) is 24.3 Å². The molecule has 14 heavy (non-hydrogen) atoms. The Morgan fingerprint density at radius 3 is 2.71 bits per heavy atom. The van der Waals surface area contributed by atoms with Gasteiger partial charge in [0.1, 0.15) is 5.75 Å². The van der Waals surface area contributed by atoms with E-state index in [-0.39, 0.29) is 6.61 Å². The van der Waals surface area contributed by atoms with Crippen LogP contribution in [0.15, 0.2) is 24.3 Å². The van der Waals surface area contributed by atoms with Gasteiger partial charge in [0.05, 0.1) is 13.2 Å². The van der Waals surface area contributed by atoms with Crippen LogP contribution in [0.1, 0.15) is 18.4 Å². The highest BCUT2D eigenvalue weighted by atomic mass is 16.5. The van der Waals surface area contributed by atoms with Crippen LogP contribution in [-0.4, -0.2) is 18.3 Å².